The topological polar surface area (TPSA) is 110 Å². The molecule has 0 saturated heterocycles. The maximum absolute atomic E-state index is 12.1. The second-order valence-electron chi connectivity index (χ2n) is 4.68. The molecule has 0 fully saturated rings. The second kappa shape index (κ2) is 7.51. The molecule has 2 N–H and O–H groups in total. The molecule has 0 aliphatic rings. The summed E-state index contributed by atoms with van der Waals surface area (Å²) < 4.78 is 0.686. The fourth-order valence-corrected chi connectivity index (χ4v) is 2.23. The molecule has 0 aliphatic carbocycles. The number of carboxylic acid groups (broad SMARTS) is 1. The highest BCUT2D eigenvalue weighted by Gasteiger charge is 2.14. The molecule has 2 rings (SSSR count). The number of nitrogens with one attached hydrogen (secondary N) is 1. The molecule has 1 amide bonds. The predicted octanol–water partition coefficient (Wildman–Crippen LogP) is 3.21. The summed E-state index contributed by atoms with van der Waals surface area (Å²) in [6, 6.07) is 11.8. The maximum Gasteiger partial charge on any atom is 0.352 e. The van der Waals surface area contributed by atoms with E-state index in [1.54, 1.807) is 24.3 Å². The largest absolute Gasteiger partial charge is 0.477 e. The van der Waals surface area contributed by atoms with Crippen LogP contribution in [0.25, 0.3) is 6.08 Å². The van der Waals surface area contributed by atoms with E-state index in [0.29, 0.717) is 15.6 Å². The van der Waals surface area contributed by atoms with E-state index >= 15 is 0 Å². The van der Waals surface area contributed by atoms with Gasteiger partial charge in [-0.2, -0.15) is 0 Å². The van der Waals surface area contributed by atoms with Crippen molar-refractivity contribution >= 4 is 39.6 Å². The summed E-state index contributed by atoms with van der Waals surface area (Å²) in [6.07, 6.45) is 1.22. The van der Waals surface area contributed by atoms with Gasteiger partial charge in [0.15, 0.2) is 0 Å². The van der Waals surface area contributed by atoms with Gasteiger partial charge in [0.2, 0.25) is 0 Å². The zero-order valence-electron chi connectivity index (χ0n) is 12.1. The van der Waals surface area contributed by atoms with Crippen LogP contribution in [-0.4, -0.2) is 21.9 Å². The predicted molar refractivity (Wildman–Crippen MR) is 90.3 cm³/mol. The second-order valence-corrected chi connectivity index (χ2v) is 5.59. The lowest BCUT2D eigenvalue weighted by Gasteiger charge is -2.06. The number of hydrogen-bond donors (Lipinski definition) is 2. The summed E-state index contributed by atoms with van der Waals surface area (Å²) in [7, 11) is 0. The fraction of sp³-hybridized carbons (Fsp3) is 0. The summed E-state index contributed by atoms with van der Waals surface area (Å²) in [5.41, 5.74) is 0.254. The Morgan fingerprint density at radius 3 is 2.38 bits per heavy atom. The minimum atomic E-state index is -1.32. The molecular weight excluding hydrogens is 380 g/mol. The molecule has 2 aromatic carbocycles. The number of benzene rings is 2. The lowest BCUT2D eigenvalue weighted by Crippen LogP contribution is -2.27. The van der Waals surface area contributed by atoms with E-state index in [-0.39, 0.29) is 11.4 Å². The van der Waals surface area contributed by atoms with Gasteiger partial charge in [-0.15, -0.1) is 0 Å². The lowest BCUT2D eigenvalue weighted by atomic mass is 10.1. The third kappa shape index (κ3) is 4.50. The Balaban J connectivity index is 2.24. The van der Waals surface area contributed by atoms with Crippen molar-refractivity contribution < 1.29 is 19.6 Å². The van der Waals surface area contributed by atoms with Crippen LogP contribution in [0.3, 0.4) is 0 Å². The van der Waals surface area contributed by atoms with Gasteiger partial charge in [0.25, 0.3) is 11.6 Å². The standard InChI is InChI=1S/C16H11BrN2O5/c17-12-3-1-2-11(9-12)15(20)18-14(16(21)22)8-10-4-6-13(7-5-10)19(23)24/h1-9H,(H,18,20)(H,21,22)/b14-8-. The number of carbonyl (C=O) groups is 2. The van der Waals surface area contributed by atoms with Crippen LogP contribution < -0.4 is 5.32 Å². The van der Waals surface area contributed by atoms with E-state index in [9.17, 15) is 24.8 Å². The Hall–Kier alpha value is -3.00. The number of aliphatic carboxylic acids is 1. The molecule has 2 aromatic rings. The summed E-state index contributed by atoms with van der Waals surface area (Å²) >= 11 is 3.23. The van der Waals surface area contributed by atoms with Crippen LogP contribution >= 0.6 is 15.9 Å². The number of nitro groups is 1. The smallest absolute Gasteiger partial charge is 0.352 e. The molecule has 0 aliphatic heterocycles. The van der Waals surface area contributed by atoms with Crippen molar-refractivity contribution in [2.45, 2.75) is 0 Å². The summed E-state index contributed by atoms with van der Waals surface area (Å²) in [5.74, 6) is -1.90. The molecule has 7 nitrogen and oxygen atoms in total. The third-order valence-electron chi connectivity index (χ3n) is 2.98. The number of rotatable bonds is 5. The number of non-ortho nitro benzene ring substituents is 1. The Labute approximate surface area is 144 Å². The minimum absolute atomic E-state index is 0.109. The van der Waals surface area contributed by atoms with Crippen molar-refractivity contribution in [2.75, 3.05) is 0 Å². The maximum atomic E-state index is 12.1. The molecule has 122 valence electrons. The zero-order valence-corrected chi connectivity index (χ0v) is 13.7. The van der Waals surface area contributed by atoms with Crippen molar-refractivity contribution in [2.24, 2.45) is 0 Å². The molecule has 24 heavy (non-hydrogen) atoms. The Bertz CT molecular complexity index is 831. The van der Waals surface area contributed by atoms with Crippen molar-refractivity contribution in [3.63, 3.8) is 0 Å². The average Bonchev–Trinajstić information content (AvgIpc) is 2.54. The van der Waals surface area contributed by atoms with Gasteiger partial charge in [-0.3, -0.25) is 14.9 Å². The molecule has 0 saturated carbocycles. The van der Waals surface area contributed by atoms with Gasteiger partial charge >= 0.3 is 5.97 Å². The van der Waals surface area contributed by atoms with E-state index in [2.05, 4.69) is 21.2 Å². The van der Waals surface area contributed by atoms with Crippen LogP contribution in [0, 0.1) is 10.1 Å². The third-order valence-corrected chi connectivity index (χ3v) is 3.47. The van der Waals surface area contributed by atoms with E-state index < -0.39 is 16.8 Å². The normalized spacial score (nSPS) is 11.0. The van der Waals surface area contributed by atoms with Gasteiger partial charge < -0.3 is 10.4 Å². The van der Waals surface area contributed by atoms with Crippen molar-refractivity contribution in [1.29, 1.82) is 0 Å². The van der Waals surface area contributed by atoms with Crippen LogP contribution in [0.4, 0.5) is 5.69 Å². The number of nitrogens with zero attached hydrogens (tertiary/aromatic N) is 1. The van der Waals surface area contributed by atoms with Crippen molar-refractivity contribution in [3.05, 3.63) is 79.9 Å². The highest BCUT2D eigenvalue weighted by Crippen LogP contribution is 2.15. The van der Waals surface area contributed by atoms with Gasteiger partial charge in [-0.25, -0.2) is 4.79 Å². The molecule has 0 spiro atoms. The molecule has 0 bridgehead atoms. The number of carboxylic acids is 1. The lowest BCUT2D eigenvalue weighted by molar-refractivity contribution is -0.384. The number of nitro benzene ring substituents is 1. The number of amides is 1. The monoisotopic (exact) mass is 390 g/mol. The van der Waals surface area contributed by atoms with Crippen LogP contribution in [0.1, 0.15) is 15.9 Å². The minimum Gasteiger partial charge on any atom is -0.477 e. The first kappa shape index (κ1) is 17.4. The van der Waals surface area contributed by atoms with Gasteiger partial charge in [0, 0.05) is 22.2 Å². The van der Waals surface area contributed by atoms with E-state index in [1.807, 2.05) is 0 Å². The van der Waals surface area contributed by atoms with Gasteiger partial charge in [-0.1, -0.05) is 22.0 Å². The molecule has 0 radical (unpaired) electrons. The van der Waals surface area contributed by atoms with Crippen LogP contribution in [0.2, 0.25) is 0 Å². The molecule has 0 aromatic heterocycles. The van der Waals surface area contributed by atoms with Crippen LogP contribution in [0.5, 0.6) is 0 Å². The van der Waals surface area contributed by atoms with Crippen LogP contribution in [-0.2, 0) is 4.79 Å². The van der Waals surface area contributed by atoms with Crippen molar-refractivity contribution in [3.8, 4) is 0 Å². The van der Waals surface area contributed by atoms with Crippen molar-refractivity contribution in [1.82, 2.24) is 5.32 Å². The van der Waals surface area contributed by atoms with E-state index in [0.717, 1.165) is 0 Å². The molecule has 0 heterocycles. The number of halogens is 1. The fourth-order valence-electron chi connectivity index (χ4n) is 1.83. The summed E-state index contributed by atoms with van der Waals surface area (Å²) in [4.78, 5) is 33.5. The van der Waals surface area contributed by atoms with Crippen LogP contribution in [0.15, 0.2) is 58.7 Å². The molecule has 0 atom stereocenters. The van der Waals surface area contributed by atoms with E-state index in [4.69, 9.17) is 0 Å². The molecular formula is C16H11BrN2O5. The average molecular weight is 391 g/mol. The Morgan fingerprint density at radius 1 is 1.17 bits per heavy atom. The number of hydrogen-bond acceptors (Lipinski definition) is 4. The van der Waals surface area contributed by atoms with Gasteiger partial charge in [-0.05, 0) is 42.0 Å². The van der Waals surface area contributed by atoms with E-state index in [1.165, 1.54) is 30.3 Å². The Kier molecular flexibility index (Phi) is 5.43. The van der Waals surface area contributed by atoms with Gasteiger partial charge in [0.05, 0.1) is 4.92 Å². The zero-order chi connectivity index (χ0) is 17.7. The summed E-state index contributed by atoms with van der Waals surface area (Å²) in [6.45, 7) is 0. The quantitative estimate of drug-likeness (QED) is 0.462. The summed E-state index contributed by atoms with van der Waals surface area (Å²) in [5, 5.41) is 22.1. The first-order valence-corrected chi connectivity index (χ1v) is 7.42. The SMILES string of the molecule is O=C(O)/C(=C/c1ccc([N+](=O)[O-])cc1)NC(=O)c1cccc(Br)c1. The highest BCUT2D eigenvalue weighted by atomic mass is 79.9. The first-order chi connectivity index (χ1) is 11.4. The Morgan fingerprint density at radius 2 is 1.83 bits per heavy atom. The molecule has 0 unspecified atom stereocenters. The molecule has 8 heteroatoms. The number of carbonyl (C=O) groups excluding carboxylic acids is 1. The van der Waals surface area contributed by atoms with Gasteiger partial charge in [0.1, 0.15) is 5.70 Å². The first-order valence-electron chi connectivity index (χ1n) is 6.63. The highest BCUT2D eigenvalue weighted by molar-refractivity contribution is 9.10.